The maximum atomic E-state index is 12.3. The predicted octanol–water partition coefficient (Wildman–Crippen LogP) is 3.04. The standard InChI is InChI=1S/C12H12ClN5OS/c1-5(2)10-16-7-9(19)15-6-4-14-12(13)17-8(6)18(3)11(7)20-10/h4-5H,1-3H3,(H,15,19). The highest BCUT2D eigenvalue weighted by Gasteiger charge is 2.29. The van der Waals surface area contributed by atoms with Gasteiger partial charge in [-0.3, -0.25) is 4.79 Å². The molecule has 0 bridgehead atoms. The molecule has 0 atom stereocenters. The number of aromatic nitrogens is 3. The number of hydrogen-bond donors (Lipinski definition) is 1. The van der Waals surface area contributed by atoms with Crippen molar-refractivity contribution in [1.82, 2.24) is 15.0 Å². The van der Waals surface area contributed by atoms with Gasteiger partial charge in [0.1, 0.15) is 10.7 Å². The number of nitrogens with zero attached hydrogens (tertiary/aromatic N) is 4. The van der Waals surface area contributed by atoms with E-state index in [0.717, 1.165) is 10.0 Å². The Labute approximate surface area is 124 Å². The van der Waals surface area contributed by atoms with Crippen LogP contribution in [0, 0.1) is 0 Å². The summed E-state index contributed by atoms with van der Waals surface area (Å²) in [6, 6.07) is 0. The summed E-state index contributed by atoms with van der Waals surface area (Å²) in [4.78, 5) is 26.6. The smallest absolute Gasteiger partial charge is 0.277 e. The number of amides is 1. The minimum absolute atomic E-state index is 0.141. The van der Waals surface area contributed by atoms with Gasteiger partial charge in [-0.15, -0.1) is 11.3 Å². The van der Waals surface area contributed by atoms with Gasteiger partial charge in [0.15, 0.2) is 11.5 Å². The van der Waals surface area contributed by atoms with E-state index in [4.69, 9.17) is 11.6 Å². The highest BCUT2D eigenvalue weighted by Crippen LogP contribution is 2.40. The van der Waals surface area contributed by atoms with Gasteiger partial charge in [0.05, 0.1) is 11.2 Å². The molecule has 1 amide bonds. The number of fused-ring (bicyclic) bond motifs is 2. The second-order valence-electron chi connectivity index (χ2n) is 4.75. The molecule has 0 spiro atoms. The molecule has 2 aromatic heterocycles. The van der Waals surface area contributed by atoms with Crippen LogP contribution in [0.2, 0.25) is 5.28 Å². The van der Waals surface area contributed by atoms with Crippen LogP contribution >= 0.6 is 22.9 Å². The van der Waals surface area contributed by atoms with Crippen LogP contribution in [0.15, 0.2) is 6.20 Å². The number of carbonyl (C=O) groups is 1. The SMILES string of the molecule is CC(C)c1nc2c(s1)N(C)c1nc(Cl)ncc1NC2=O. The lowest BCUT2D eigenvalue weighted by molar-refractivity contribution is 0.102. The Hall–Kier alpha value is -1.73. The van der Waals surface area contributed by atoms with Crippen LogP contribution in [-0.2, 0) is 0 Å². The minimum Gasteiger partial charge on any atom is -0.317 e. The molecule has 3 rings (SSSR count). The van der Waals surface area contributed by atoms with Gasteiger partial charge >= 0.3 is 0 Å². The third-order valence-electron chi connectivity index (χ3n) is 2.94. The second-order valence-corrected chi connectivity index (χ2v) is 6.10. The van der Waals surface area contributed by atoms with Gasteiger partial charge in [-0.1, -0.05) is 13.8 Å². The lowest BCUT2D eigenvalue weighted by Gasteiger charge is -2.16. The molecule has 2 aromatic rings. The van der Waals surface area contributed by atoms with Crippen LogP contribution in [0.4, 0.5) is 16.5 Å². The number of nitrogens with one attached hydrogen (secondary N) is 1. The summed E-state index contributed by atoms with van der Waals surface area (Å²) in [7, 11) is 1.84. The Morgan fingerprint density at radius 2 is 2.15 bits per heavy atom. The van der Waals surface area contributed by atoms with Gasteiger partial charge in [0.25, 0.3) is 5.91 Å². The fraction of sp³-hybridized carbons (Fsp3) is 0.333. The Morgan fingerprint density at radius 3 is 2.85 bits per heavy atom. The summed E-state index contributed by atoms with van der Waals surface area (Å²) in [6.45, 7) is 4.09. The first kappa shape index (κ1) is 13.3. The summed E-state index contributed by atoms with van der Waals surface area (Å²) in [5.41, 5.74) is 0.938. The highest BCUT2D eigenvalue weighted by molar-refractivity contribution is 7.16. The van der Waals surface area contributed by atoms with Gasteiger partial charge in [0.2, 0.25) is 5.28 Å². The summed E-state index contributed by atoms with van der Waals surface area (Å²) < 4.78 is 0. The third-order valence-corrected chi connectivity index (χ3v) is 4.56. The molecule has 0 fully saturated rings. The molecule has 3 heterocycles. The minimum atomic E-state index is -0.250. The lowest BCUT2D eigenvalue weighted by Crippen LogP contribution is -2.12. The number of rotatable bonds is 1. The number of thiazole rings is 1. The molecule has 0 saturated heterocycles. The van der Waals surface area contributed by atoms with Gasteiger partial charge in [0, 0.05) is 13.0 Å². The topological polar surface area (TPSA) is 71.0 Å². The zero-order valence-corrected chi connectivity index (χ0v) is 12.7. The second kappa shape index (κ2) is 4.68. The van der Waals surface area contributed by atoms with Crippen LogP contribution < -0.4 is 10.2 Å². The fourth-order valence-electron chi connectivity index (χ4n) is 1.92. The van der Waals surface area contributed by atoms with E-state index in [1.165, 1.54) is 17.5 Å². The first-order chi connectivity index (χ1) is 9.47. The largest absolute Gasteiger partial charge is 0.317 e. The lowest BCUT2D eigenvalue weighted by atomic mass is 10.2. The number of hydrogen-bond acceptors (Lipinski definition) is 6. The molecular formula is C12H12ClN5OS. The molecule has 0 radical (unpaired) electrons. The summed E-state index contributed by atoms with van der Waals surface area (Å²) in [5.74, 6) is 0.581. The summed E-state index contributed by atoms with van der Waals surface area (Å²) in [6.07, 6.45) is 1.50. The van der Waals surface area contributed by atoms with E-state index in [2.05, 4.69) is 20.3 Å². The van der Waals surface area contributed by atoms with Crippen LogP contribution in [0.5, 0.6) is 0 Å². The summed E-state index contributed by atoms with van der Waals surface area (Å²) >= 11 is 7.33. The molecule has 0 unspecified atom stereocenters. The van der Waals surface area contributed by atoms with Crippen molar-refractivity contribution in [2.75, 3.05) is 17.3 Å². The van der Waals surface area contributed by atoms with Crippen LogP contribution in [0.3, 0.4) is 0 Å². The molecule has 8 heteroatoms. The van der Waals surface area contributed by atoms with E-state index in [-0.39, 0.29) is 17.1 Å². The third kappa shape index (κ3) is 2.03. The first-order valence-electron chi connectivity index (χ1n) is 6.05. The molecule has 20 heavy (non-hydrogen) atoms. The van der Waals surface area contributed by atoms with E-state index in [9.17, 15) is 4.79 Å². The molecule has 0 aliphatic carbocycles. The average Bonchev–Trinajstić information content (AvgIpc) is 2.81. The van der Waals surface area contributed by atoms with Crippen molar-refractivity contribution in [2.45, 2.75) is 19.8 Å². The molecule has 1 aliphatic heterocycles. The predicted molar refractivity (Wildman–Crippen MR) is 79.3 cm³/mol. The normalized spacial score (nSPS) is 13.8. The van der Waals surface area contributed by atoms with Crippen LogP contribution in [0.1, 0.15) is 35.3 Å². The average molecular weight is 310 g/mol. The van der Waals surface area contributed by atoms with Crippen molar-refractivity contribution < 1.29 is 4.79 Å². The van der Waals surface area contributed by atoms with Gasteiger partial charge < -0.3 is 10.2 Å². The van der Waals surface area contributed by atoms with Gasteiger partial charge in [-0.05, 0) is 11.6 Å². The van der Waals surface area contributed by atoms with E-state index in [1.807, 2.05) is 25.8 Å². The number of carbonyl (C=O) groups excluding carboxylic acids is 1. The van der Waals surface area contributed by atoms with E-state index >= 15 is 0 Å². The van der Waals surface area contributed by atoms with Gasteiger partial charge in [-0.2, -0.15) is 4.98 Å². The number of anilines is 3. The molecule has 0 saturated carbocycles. The first-order valence-corrected chi connectivity index (χ1v) is 7.25. The Bertz CT molecular complexity index is 699. The Balaban J connectivity index is 2.19. The molecular weight excluding hydrogens is 298 g/mol. The molecule has 6 nitrogen and oxygen atoms in total. The fourth-order valence-corrected chi connectivity index (χ4v) is 3.08. The van der Waals surface area contributed by atoms with Crippen LogP contribution in [-0.4, -0.2) is 27.9 Å². The zero-order chi connectivity index (χ0) is 14.4. The van der Waals surface area contributed by atoms with E-state index in [1.54, 1.807) is 0 Å². The maximum absolute atomic E-state index is 12.3. The zero-order valence-electron chi connectivity index (χ0n) is 11.1. The van der Waals surface area contributed by atoms with Crippen molar-refractivity contribution in [1.29, 1.82) is 0 Å². The number of halogens is 1. The van der Waals surface area contributed by atoms with Crippen molar-refractivity contribution in [3.8, 4) is 0 Å². The van der Waals surface area contributed by atoms with Crippen molar-refractivity contribution in [3.63, 3.8) is 0 Å². The quantitative estimate of drug-likeness (QED) is 0.820. The van der Waals surface area contributed by atoms with E-state index < -0.39 is 0 Å². The summed E-state index contributed by atoms with van der Waals surface area (Å²) in [5, 5.41) is 4.59. The molecule has 104 valence electrons. The highest BCUT2D eigenvalue weighted by atomic mass is 35.5. The molecule has 1 aliphatic rings. The monoisotopic (exact) mass is 309 g/mol. The molecule has 0 aromatic carbocycles. The van der Waals surface area contributed by atoms with Crippen LogP contribution in [0.25, 0.3) is 0 Å². The van der Waals surface area contributed by atoms with Gasteiger partial charge in [-0.25, -0.2) is 9.97 Å². The van der Waals surface area contributed by atoms with E-state index in [0.29, 0.717) is 17.2 Å². The van der Waals surface area contributed by atoms with Crippen molar-refractivity contribution in [2.24, 2.45) is 0 Å². The van der Waals surface area contributed by atoms with Crippen molar-refractivity contribution in [3.05, 3.63) is 22.2 Å². The Kier molecular flexibility index (Phi) is 3.10. The Morgan fingerprint density at radius 1 is 1.40 bits per heavy atom. The maximum Gasteiger partial charge on any atom is 0.277 e. The van der Waals surface area contributed by atoms with Crippen molar-refractivity contribution >= 4 is 45.4 Å². The molecule has 1 N–H and O–H groups in total.